The van der Waals surface area contributed by atoms with E-state index in [1.807, 2.05) is 6.07 Å². The van der Waals surface area contributed by atoms with Gasteiger partial charge in [0.15, 0.2) is 5.78 Å². The summed E-state index contributed by atoms with van der Waals surface area (Å²) in [5.74, 6) is -0.639. The fraction of sp³-hybridized carbons (Fsp3) is 0. The predicted octanol–water partition coefficient (Wildman–Crippen LogP) is 4.36. The average molecular weight is 330 g/mol. The van der Waals surface area contributed by atoms with Gasteiger partial charge in [0.25, 0.3) is 0 Å². The van der Waals surface area contributed by atoms with Crippen LogP contribution in [0.1, 0.15) is 21.5 Å². The first kappa shape index (κ1) is 14.2. The van der Waals surface area contributed by atoms with E-state index in [0.29, 0.717) is 11.1 Å². The Morgan fingerprint density at radius 1 is 1.25 bits per heavy atom. The Morgan fingerprint density at radius 2 is 2.05 bits per heavy atom. The highest BCUT2D eigenvalue weighted by atomic mass is 79.9. The molecule has 0 aliphatic carbocycles. The summed E-state index contributed by atoms with van der Waals surface area (Å²) >= 11 is 3.04. The molecule has 0 saturated heterocycles. The second kappa shape index (κ2) is 6.27. The minimum absolute atomic E-state index is 0.229. The lowest BCUT2D eigenvalue weighted by Gasteiger charge is -1.99. The van der Waals surface area contributed by atoms with Crippen molar-refractivity contribution in [2.75, 3.05) is 0 Å². The maximum Gasteiger partial charge on any atom is 0.185 e. The fourth-order valence-corrected chi connectivity index (χ4v) is 2.01. The molecule has 2 nitrogen and oxygen atoms in total. The van der Waals surface area contributed by atoms with Gasteiger partial charge in [0.2, 0.25) is 0 Å². The molecule has 2 rings (SSSR count). The van der Waals surface area contributed by atoms with Crippen molar-refractivity contribution in [1.82, 2.24) is 0 Å². The van der Waals surface area contributed by atoms with E-state index in [1.54, 1.807) is 30.3 Å². The van der Waals surface area contributed by atoms with Crippen molar-refractivity contribution < 1.29 is 9.18 Å². The van der Waals surface area contributed by atoms with Gasteiger partial charge in [0, 0.05) is 5.56 Å². The molecule has 0 unspecified atom stereocenters. The molecule has 0 N–H and O–H groups in total. The van der Waals surface area contributed by atoms with Crippen LogP contribution in [0.15, 0.2) is 53.0 Å². The van der Waals surface area contributed by atoms with Gasteiger partial charge in [-0.15, -0.1) is 0 Å². The molecule has 0 fully saturated rings. The SMILES string of the molecule is N#Cc1cccc(/C=C/C(=O)c2ccc(F)c(Br)c2)c1. The molecule has 0 aliphatic heterocycles. The van der Waals surface area contributed by atoms with Crippen molar-refractivity contribution >= 4 is 27.8 Å². The number of benzene rings is 2. The maximum atomic E-state index is 13.1. The highest BCUT2D eigenvalue weighted by Gasteiger charge is 2.05. The molecular formula is C16H9BrFNO. The lowest BCUT2D eigenvalue weighted by Crippen LogP contribution is -1.95. The molecule has 2 aromatic carbocycles. The third-order valence-electron chi connectivity index (χ3n) is 2.65. The number of allylic oxidation sites excluding steroid dienone is 1. The topological polar surface area (TPSA) is 40.9 Å². The van der Waals surface area contributed by atoms with Crippen molar-refractivity contribution in [3.63, 3.8) is 0 Å². The second-order valence-electron chi connectivity index (χ2n) is 4.06. The van der Waals surface area contributed by atoms with Crippen LogP contribution in [0.3, 0.4) is 0 Å². The molecule has 0 spiro atoms. The molecule has 0 heterocycles. The smallest absolute Gasteiger partial charge is 0.185 e. The fourth-order valence-electron chi connectivity index (χ4n) is 1.63. The number of carbonyl (C=O) groups excluding carboxylic acids is 1. The van der Waals surface area contributed by atoms with Crippen molar-refractivity contribution in [1.29, 1.82) is 5.26 Å². The molecule has 0 amide bonds. The van der Waals surface area contributed by atoms with E-state index in [-0.39, 0.29) is 10.3 Å². The molecule has 0 radical (unpaired) electrons. The monoisotopic (exact) mass is 329 g/mol. The van der Waals surface area contributed by atoms with E-state index in [9.17, 15) is 9.18 Å². The molecule has 0 aromatic heterocycles. The van der Waals surface area contributed by atoms with Gasteiger partial charge < -0.3 is 0 Å². The van der Waals surface area contributed by atoms with Gasteiger partial charge >= 0.3 is 0 Å². The Balaban J connectivity index is 2.20. The van der Waals surface area contributed by atoms with Gasteiger partial charge in [-0.25, -0.2) is 4.39 Å². The largest absolute Gasteiger partial charge is 0.289 e. The Labute approximate surface area is 124 Å². The van der Waals surface area contributed by atoms with Gasteiger partial charge in [0.05, 0.1) is 16.1 Å². The Hall–Kier alpha value is -2.25. The summed E-state index contributed by atoms with van der Waals surface area (Å²) in [5.41, 5.74) is 1.69. The van der Waals surface area contributed by atoms with Crippen molar-refractivity contribution in [3.05, 3.63) is 75.5 Å². The standard InChI is InChI=1S/C16H9BrFNO/c17-14-9-13(5-6-15(14)18)16(20)7-4-11-2-1-3-12(8-11)10-19/h1-9H/b7-4+. The third-order valence-corrected chi connectivity index (χ3v) is 3.25. The van der Waals surface area contributed by atoms with Crippen LogP contribution in [-0.4, -0.2) is 5.78 Å². The minimum atomic E-state index is -0.410. The van der Waals surface area contributed by atoms with Crippen LogP contribution in [0.5, 0.6) is 0 Å². The average Bonchev–Trinajstić information content (AvgIpc) is 2.47. The lowest BCUT2D eigenvalue weighted by molar-refractivity contribution is 0.104. The van der Waals surface area contributed by atoms with Crippen LogP contribution in [0.25, 0.3) is 6.08 Å². The van der Waals surface area contributed by atoms with Crippen molar-refractivity contribution in [3.8, 4) is 6.07 Å². The van der Waals surface area contributed by atoms with E-state index >= 15 is 0 Å². The molecule has 2 aromatic rings. The number of nitrogens with zero attached hydrogens (tertiary/aromatic N) is 1. The molecular weight excluding hydrogens is 321 g/mol. The predicted molar refractivity (Wildman–Crippen MR) is 78.6 cm³/mol. The number of nitriles is 1. The summed E-state index contributed by atoms with van der Waals surface area (Å²) in [5, 5.41) is 8.79. The molecule has 98 valence electrons. The lowest BCUT2D eigenvalue weighted by atomic mass is 10.1. The number of rotatable bonds is 3. The van der Waals surface area contributed by atoms with Crippen LogP contribution >= 0.6 is 15.9 Å². The normalized spacial score (nSPS) is 10.4. The minimum Gasteiger partial charge on any atom is -0.289 e. The zero-order valence-electron chi connectivity index (χ0n) is 10.3. The molecule has 0 bridgehead atoms. The van der Waals surface area contributed by atoms with Gasteiger partial charge in [-0.1, -0.05) is 18.2 Å². The van der Waals surface area contributed by atoms with E-state index in [4.69, 9.17) is 5.26 Å². The molecule has 0 atom stereocenters. The first-order valence-electron chi connectivity index (χ1n) is 5.78. The maximum absolute atomic E-state index is 13.1. The summed E-state index contributed by atoms with van der Waals surface area (Å²) in [6.45, 7) is 0. The van der Waals surface area contributed by atoms with Gasteiger partial charge in [-0.2, -0.15) is 5.26 Å². The summed E-state index contributed by atoms with van der Waals surface area (Å²) in [6.07, 6.45) is 3.02. The van der Waals surface area contributed by atoms with Crippen LogP contribution in [-0.2, 0) is 0 Å². The van der Waals surface area contributed by atoms with Crippen LogP contribution in [0, 0.1) is 17.1 Å². The zero-order valence-corrected chi connectivity index (χ0v) is 11.9. The van der Waals surface area contributed by atoms with E-state index in [0.717, 1.165) is 5.56 Å². The second-order valence-corrected chi connectivity index (χ2v) is 4.92. The quantitative estimate of drug-likeness (QED) is 0.620. The molecule has 0 saturated carbocycles. The highest BCUT2D eigenvalue weighted by molar-refractivity contribution is 9.10. The summed E-state index contributed by atoms with van der Waals surface area (Å²) in [4.78, 5) is 11.9. The van der Waals surface area contributed by atoms with Gasteiger partial charge in [-0.05, 0) is 57.9 Å². The number of hydrogen-bond donors (Lipinski definition) is 0. The number of ketones is 1. The summed E-state index contributed by atoms with van der Waals surface area (Å²) in [6, 6.07) is 13.1. The Kier molecular flexibility index (Phi) is 4.44. The Morgan fingerprint density at radius 3 is 2.75 bits per heavy atom. The first-order valence-corrected chi connectivity index (χ1v) is 6.57. The molecule has 0 aliphatic rings. The van der Waals surface area contributed by atoms with Crippen molar-refractivity contribution in [2.24, 2.45) is 0 Å². The third kappa shape index (κ3) is 3.40. The molecule has 4 heteroatoms. The van der Waals surface area contributed by atoms with Crippen LogP contribution < -0.4 is 0 Å². The van der Waals surface area contributed by atoms with Crippen LogP contribution in [0.4, 0.5) is 4.39 Å². The number of hydrogen-bond acceptors (Lipinski definition) is 2. The van der Waals surface area contributed by atoms with E-state index in [2.05, 4.69) is 15.9 Å². The van der Waals surface area contributed by atoms with Gasteiger partial charge in [-0.3, -0.25) is 4.79 Å². The summed E-state index contributed by atoms with van der Waals surface area (Å²) < 4.78 is 13.3. The summed E-state index contributed by atoms with van der Waals surface area (Å²) in [7, 11) is 0. The van der Waals surface area contributed by atoms with E-state index < -0.39 is 5.82 Å². The molecule has 20 heavy (non-hydrogen) atoms. The number of carbonyl (C=O) groups is 1. The van der Waals surface area contributed by atoms with Crippen LogP contribution in [0.2, 0.25) is 0 Å². The van der Waals surface area contributed by atoms with Gasteiger partial charge in [0.1, 0.15) is 5.82 Å². The highest BCUT2D eigenvalue weighted by Crippen LogP contribution is 2.17. The Bertz CT molecular complexity index is 731. The zero-order chi connectivity index (χ0) is 14.5. The van der Waals surface area contributed by atoms with E-state index in [1.165, 1.54) is 24.3 Å². The van der Waals surface area contributed by atoms with Crippen molar-refractivity contribution in [2.45, 2.75) is 0 Å². The first-order chi connectivity index (χ1) is 9.60. The number of halogens is 2.